The first-order valence-corrected chi connectivity index (χ1v) is 6.43. The van der Waals surface area contributed by atoms with E-state index in [1.165, 1.54) is 0 Å². The lowest BCUT2D eigenvalue weighted by Gasteiger charge is -2.38. The molecule has 100 valence electrons. The van der Waals surface area contributed by atoms with Crippen LogP contribution in [0.5, 0.6) is 0 Å². The van der Waals surface area contributed by atoms with Gasteiger partial charge in [-0.15, -0.1) is 0 Å². The zero-order valence-electron chi connectivity index (χ0n) is 11.2. The Morgan fingerprint density at radius 2 is 2.00 bits per heavy atom. The van der Waals surface area contributed by atoms with Gasteiger partial charge in [0.15, 0.2) is 5.11 Å². The highest BCUT2D eigenvalue weighted by Crippen LogP contribution is 2.28. The first-order chi connectivity index (χ1) is 8.82. The average molecular weight is 275 g/mol. The third-order valence-electron chi connectivity index (χ3n) is 2.97. The number of hydrogen-bond donors (Lipinski definition) is 2. The monoisotopic (exact) mass is 275 g/mol. The van der Waals surface area contributed by atoms with Gasteiger partial charge in [0.05, 0.1) is 16.8 Å². The quantitative estimate of drug-likeness (QED) is 0.812. The maximum Gasteiger partial charge on any atom is 0.250 e. The second-order valence-corrected chi connectivity index (χ2v) is 5.54. The number of nitrogens with two attached hydrogens (primary N) is 1. The smallest absolute Gasteiger partial charge is 0.250 e. The second kappa shape index (κ2) is 4.66. The second-order valence-electron chi connectivity index (χ2n) is 5.15. The first kappa shape index (κ1) is 13.5. The molecule has 1 aliphatic heterocycles. The molecule has 2 rings (SSSR count). The summed E-state index contributed by atoms with van der Waals surface area (Å²) >= 11 is 5.40. The molecule has 19 heavy (non-hydrogen) atoms. The lowest BCUT2D eigenvalue weighted by Crippen LogP contribution is -2.53. The van der Waals surface area contributed by atoms with Gasteiger partial charge in [-0.3, -0.25) is 9.69 Å². The molecule has 0 aromatic heterocycles. The van der Waals surface area contributed by atoms with Crippen LogP contribution in [-0.2, 0) is 0 Å². The molecule has 0 bridgehead atoms. The van der Waals surface area contributed by atoms with Gasteiger partial charge in [-0.05, 0) is 51.2 Å². The molecule has 0 atom stereocenters. The summed E-state index contributed by atoms with van der Waals surface area (Å²) in [5.41, 5.74) is 7.36. The lowest BCUT2D eigenvalue weighted by molar-refractivity contribution is 0.100. The number of anilines is 1. The number of nitrogens with zero attached hydrogens (tertiary/aromatic N) is 1. The first-order valence-electron chi connectivity index (χ1n) is 6.02. The number of carbonyl (C=O) groups is 1. The molecular formula is C14H17N3OS. The zero-order chi connectivity index (χ0) is 14.2. The highest BCUT2D eigenvalue weighted by molar-refractivity contribution is 7.80. The fourth-order valence-electron chi connectivity index (χ4n) is 2.29. The van der Waals surface area contributed by atoms with Gasteiger partial charge in [-0.2, -0.15) is 0 Å². The minimum atomic E-state index is -0.462. The van der Waals surface area contributed by atoms with Crippen LogP contribution in [0.15, 0.2) is 36.0 Å². The van der Waals surface area contributed by atoms with Crippen molar-refractivity contribution < 1.29 is 4.79 Å². The molecule has 3 N–H and O–H groups in total. The fourth-order valence-corrected chi connectivity index (χ4v) is 2.80. The zero-order valence-corrected chi connectivity index (χ0v) is 12.0. The van der Waals surface area contributed by atoms with E-state index >= 15 is 0 Å². The van der Waals surface area contributed by atoms with E-state index in [-0.39, 0.29) is 5.54 Å². The Morgan fingerprint density at radius 1 is 1.37 bits per heavy atom. The number of allylic oxidation sites excluding steroid dienone is 1. The number of para-hydroxylation sites is 1. The van der Waals surface area contributed by atoms with Crippen LogP contribution in [-0.4, -0.2) is 16.6 Å². The van der Waals surface area contributed by atoms with E-state index in [0.717, 1.165) is 5.70 Å². The van der Waals surface area contributed by atoms with Crippen LogP contribution >= 0.6 is 12.2 Å². The number of rotatable bonds is 2. The Morgan fingerprint density at radius 3 is 2.58 bits per heavy atom. The van der Waals surface area contributed by atoms with E-state index in [2.05, 4.69) is 11.4 Å². The topological polar surface area (TPSA) is 58.4 Å². The Hall–Kier alpha value is -1.88. The van der Waals surface area contributed by atoms with Gasteiger partial charge in [0.2, 0.25) is 0 Å². The number of thiocarbonyl (C=S) groups is 1. The summed E-state index contributed by atoms with van der Waals surface area (Å²) in [4.78, 5) is 13.4. The Labute approximate surface area is 118 Å². The summed E-state index contributed by atoms with van der Waals surface area (Å²) in [6, 6.07) is 7.18. The van der Waals surface area contributed by atoms with E-state index < -0.39 is 5.91 Å². The molecule has 1 heterocycles. The third kappa shape index (κ3) is 2.61. The van der Waals surface area contributed by atoms with Crippen molar-refractivity contribution in [2.24, 2.45) is 5.73 Å². The number of nitrogens with one attached hydrogen (secondary N) is 1. The van der Waals surface area contributed by atoms with Crippen LogP contribution in [0.1, 0.15) is 31.1 Å². The summed E-state index contributed by atoms with van der Waals surface area (Å²) in [6.07, 6.45) is 2.07. The molecule has 0 spiro atoms. The predicted octanol–water partition coefficient (Wildman–Crippen LogP) is 2.16. The molecule has 1 aliphatic rings. The van der Waals surface area contributed by atoms with Crippen LogP contribution in [0.2, 0.25) is 0 Å². The summed E-state index contributed by atoms with van der Waals surface area (Å²) in [6.45, 7) is 6.05. The van der Waals surface area contributed by atoms with Gasteiger partial charge in [0, 0.05) is 5.70 Å². The minimum Gasteiger partial charge on any atom is -0.366 e. The Kier molecular flexibility index (Phi) is 3.32. The fraction of sp³-hybridized carbons (Fsp3) is 0.286. The van der Waals surface area contributed by atoms with E-state index in [0.29, 0.717) is 16.4 Å². The van der Waals surface area contributed by atoms with Gasteiger partial charge in [-0.1, -0.05) is 12.1 Å². The van der Waals surface area contributed by atoms with E-state index in [9.17, 15) is 4.79 Å². The molecule has 0 saturated heterocycles. The summed E-state index contributed by atoms with van der Waals surface area (Å²) in [5, 5.41) is 3.80. The van der Waals surface area contributed by atoms with Crippen molar-refractivity contribution in [1.29, 1.82) is 0 Å². The van der Waals surface area contributed by atoms with Crippen LogP contribution in [0.3, 0.4) is 0 Å². The summed E-state index contributed by atoms with van der Waals surface area (Å²) in [7, 11) is 0. The minimum absolute atomic E-state index is 0.195. The molecule has 0 saturated carbocycles. The van der Waals surface area contributed by atoms with Crippen LogP contribution in [0.25, 0.3) is 0 Å². The molecule has 1 amide bonds. The SMILES string of the molecule is CC1=CC(C)(C)NC(=S)N1c1ccccc1C(N)=O. The number of amides is 1. The Bertz CT molecular complexity index is 578. The van der Waals surface area contributed by atoms with Gasteiger partial charge in [0.25, 0.3) is 5.91 Å². The molecular weight excluding hydrogens is 258 g/mol. The average Bonchev–Trinajstić information content (AvgIpc) is 2.26. The molecule has 0 radical (unpaired) electrons. The summed E-state index contributed by atoms with van der Waals surface area (Å²) in [5.74, 6) is -0.462. The van der Waals surface area contributed by atoms with Crippen LogP contribution in [0.4, 0.5) is 5.69 Å². The molecule has 0 unspecified atom stereocenters. The lowest BCUT2D eigenvalue weighted by atomic mass is 10.0. The third-order valence-corrected chi connectivity index (χ3v) is 3.25. The Balaban J connectivity index is 2.54. The highest BCUT2D eigenvalue weighted by Gasteiger charge is 2.29. The molecule has 1 aromatic carbocycles. The van der Waals surface area contributed by atoms with Crippen molar-refractivity contribution >= 4 is 28.9 Å². The molecule has 0 aliphatic carbocycles. The summed E-state index contributed by atoms with van der Waals surface area (Å²) < 4.78 is 0. The van der Waals surface area contributed by atoms with Crippen molar-refractivity contribution in [2.45, 2.75) is 26.3 Å². The van der Waals surface area contributed by atoms with E-state index in [1.54, 1.807) is 12.1 Å². The van der Waals surface area contributed by atoms with Gasteiger partial charge >= 0.3 is 0 Å². The number of hydrogen-bond acceptors (Lipinski definition) is 2. The standard InChI is InChI=1S/C14H17N3OS/c1-9-8-14(2,3)16-13(19)17(9)11-7-5-4-6-10(11)12(15)18/h4-8H,1-3H3,(H2,15,18)(H,16,19). The normalized spacial score (nSPS) is 17.7. The number of benzene rings is 1. The largest absolute Gasteiger partial charge is 0.366 e. The maximum atomic E-state index is 11.5. The van der Waals surface area contributed by atoms with Crippen molar-refractivity contribution in [3.8, 4) is 0 Å². The van der Waals surface area contributed by atoms with Crippen LogP contribution in [0, 0.1) is 0 Å². The van der Waals surface area contributed by atoms with E-state index in [4.69, 9.17) is 18.0 Å². The van der Waals surface area contributed by atoms with Crippen molar-refractivity contribution in [3.63, 3.8) is 0 Å². The van der Waals surface area contributed by atoms with Crippen molar-refractivity contribution in [1.82, 2.24) is 5.32 Å². The van der Waals surface area contributed by atoms with Gasteiger partial charge in [-0.25, -0.2) is 0 Å². The van der Waals surface area contributed by atoms with Crippen LogP contribution < -0.4 is 16.0 Å². The van der Waals surface area contributed by atoms with Gasteiger partial charge < -0.3 is 11.1 Å². The predicted molar refractivity (Wildman–Crippen MR) is 81.0 cm³/mol. The number of primary amides is 1. The molecule has 5 heteroatoms. The molecule has 0 fully saturated rings. The molecule has 4 nitrogen and oxygen atoms in total. The maximum absolute atomic E-state index is 11.5. The number of carbonyl (C=O) groups excluding carboxylic acids is 1. The van der Waals surface area contributed by atoms with Gasteiger partial charge in [0.1, 0.15) is 0 Å². The van der Waals surface area contributed by atoms with Crippen molar-refractivity contribution in [3.05, 3.63) is 41.6 Å². The van der Waals surface area contributed by atoms with Crippen molar-refractivity contribution in [2.75, 3.05) is 4.90 Å². The molecule has 1 aromatic rings. The highest BCUT2D eigenvalue weighted by atomic mass is 32.1. The van der Waals surface area contributed by atoms with E-state index in [1.807, 2.05) is 37.8 Å².